The van der Waals surface area contributed by atoms with Gasteiger partial charge in [-0.25, -0.2) is 9.78 Å². The summed E-state index contributed by atoms with van der Waals surface area (Å²) in [6.07, 6.45) is 2.76. The number of carbonyl (C=O) groups is 2. The Morgan fingerprint density at radius 1 is 1.47 bits per heavy atom. The minimum absolute atomic E-state index is 0.279. The van der Waals surface area contributed by atoms with E-state index in [0.717, 1.165) is 10.9 Å². The number of halogens is 1. The first-order valence-electron chi connectivity index (χ1n) is 5.25. The van der Waals surface area contributed by atoms with Crippen LogP contribution in [-0.4, -0.2) is 39.5 Å². The number of amides is 1. The Hall–Kier alpha value is -1.43. The molecule has 6 heteroatoms. The predicted molar refractivity (Wildman–Crippen MR) is 63.6 cm³/mol. The van der Waals surface area contributed by atoms with E-state index >= 15 is 0 Å². The number of pyridine rings is 1. The third-order valence-electron chi connectivity index (χ3n) is 2.75. The zero-order valence-electron chi connectivity index (χ0n) is 8.97. The molecule has 2 heterocycles. The molecule has 90 valence electrons. The summed E-state index contributed by atoms with van der Waals surface area (Å²) in [5.41, 5.74) is 0.279. The standard InChI is InChI=1S/C11H11BrN2O3/c12-7-3-4-8(13-6-7)10(15)14-5-1-2-9(14)11(16)17/h3-4,6,9H,1-2,5H2,(H,16,17). The molecule has 2 rings (SSSR count). The Morgan fingerprint density at radius 2 is 2.24 bits per heavy atom. The molecule has 0 spiro atoms. The summed E-state index contributed by atoms with van der Waals surface area (Å²) in [5.74, 6) is -1.27. The van der Waals surface area contributed by atoms with Crippen LogP contribution < -0.4 is 0 Å². The Kier molecular flexibility index (Phi) is 3.42. The molecule has 1 atom stereocenters. The molecular weight excluding hydrogens is 288 g/mol. The third kappa shape index (κ3) is 2.46. The van der Waals surface area contributed by atoms with Gasteiger partial charge in [0.05, 0.1) is 0 Å². The molecule has 1 fully saturated rings. The number of carboxylic acids is 1. The SMILES string of the molecule is O=C(O)C1CCCN1C(=O)c1ccc(Br)cn1. The molecule has 0 aliphatic carbocycles. The normalized spacial score (nSPS) is 19.4. The van der Waals surface area contributed by atoms with Gasteiger partial charge >= 0.3 is 5.97 Å². The molecular formula is C11H11BrN2O3. The van der Waals surface area contributed by atoms with Crippen molar-refractivity contribution in [1.29, 1.82) is 0 Å². The number of carboxylic acid groups (broad SMARTS) is 1. The number of likely N-dealkylation sites (tertiary alicyclic amines) is 1. The minimum atomic E-state index is -0.951. The maximum absolute atomic E-state index is 12.1. The van der Waals surface area contributed by atoms with Crippen molar-refractivity contribution >= 4 is 27.8 Å². The number of carbonyl (C=O) groups excluding carboxylic acids is 1. The van der Waals surface area contributed by atoms with Gasteiger partial charge in [-0.15, -0.1) is 0 Å². The van der Waals surface area contributed by atoms with Crippen molar-refractivity contribution in [2.45, 2.75) is 18.9 Å². The van der Waals surface area contributed by atoms with Gasteiger partial charge in [0.2, 0.25) is 0 Å². The summed E-state index contributed by atoms with van der Waals surface area (Å²) < 4.78 is 0.783. The highest BCUT2D eigenvalue weighted by Gasteiger charge is 2.34. The monoisotopic (exact) mass is 298 g/mol. The lowest BCUT2D eigenvalue weighted by atomic mass is 10.2. The van der Waals surface area contributed by atoms with Gasteiger partial charge in [-0.1, -0.05) is 0 Å². The van der Waals surface area contributed by atoms with Gasteiger partial charge in [0.15, 0.2) is 0 Å². The van der Waals surface area contributed by atoms with Crippen molar-refractivity contribution in [3.8, 4) is 0 Å². The minimum Gasteiger partial charge on any atom is -0.480 e. The fourth-order valence-corrected chi connectivity index (χ4v) is 2.15. The van der Waals surface area contributed by atoms with Crippen molar-refractivity contribution < 1.29 is 14.7 Å². The maximum Gasteiger partial charge on any atom is 0.326 e. The topological polar surface area (TPSA) is 70.5 Å². The molecule has 1 aromatic heterocycles. The van der Waals surface area contributed by atoms with Crippen molar-refractivity contribution in [2.75, 3.05) is 6.54 Å². The first kappa shape index (κ1) is 12.0. The second-order valence-corrected chi connectivity index (χ2v) is 4.77. The van der Waals surface area contributed by atoms with E-state index in [-0.39, 0.29) is 11.6 Å². The summed E-state index contributed by atoms with van der Waals surface area (Å²) in [5, 5.41) is 9.00. The molecule has 1 amide bonds. The first-order chi connectivity index (χ1) is 8.09. The molecule has 17 heavy (non-hydrogen) atoms. The smallest absolute Gasteiger partial charge is 0.326 e. The third-order valence-corrected chi connectivity index (χ3v) is 3.21. The average Bonchev–Trinajstić information content (AvgIpc) is 2.78. The highest BCUT2D eigenvalue weighted by atomic mass is 79.9. The quantitative estimate of drug-likeness (QED) is 0.899. The number of hydrogen-bond donors (Lipinski definition) is 1. The molecule has 0 bridgehead atoms. The van der Waals surface area contributed by atoms with Crippen LogP contribution in [0, 0.1) is 0 Å². The van der Waals surface area contributed by atoms with Gasteiger partial charge in [0.1, 0.15) is 11.7 Å². The lowest BCUT2D eigenvalue weighted by Crippen LogP contribution is -2.40. The highest BCUT2D eigenvalue weighted by Crippen LogP contribution is 2.20. The van der Waals surface area contributed by atoms with Gasteiger partial charge in [-0.2, -0.15) is 0 Å². The summed E-state index contributed by atoms with van der Waals surface area (Å²) in [6, 6.07) is 2.59. The predicted octanol–water partition coefficient (Wildman–Crippen LogP) is 1.53. The van der Waals surface area contributed by atoms with Crippen LogP contribution in [0.2, 0.25) is 0 Å². The zero-order valence-corrected chi connectivity index (χ0v) is 10.6. The van der Waals surface area contributed by atoms with Gasteiger partial charge in [-0.05, 0) is 40.9 Å². The summed E-state index contributed by atoms with van der Waals surface area (Å²) >= 11 is 3.23. The molecule has 5 nitrogen and oxygen atoms in total. The van der Waals surface area contributed by atoms with E-state index in [2.05, 4.69) is 20.9 Å². The van der Waals surface area contributed by atoms with Gasteiger partial charge in [-0.3, -0.25) is 4.79 Å². The van der Waals surface area contributed by atoms with E-state index in [1.54, 1.807) is 12.1 Å². The second kappa shape index (κ2) is 4.83. The van der Waals surface area contributed by atoms with E-state index in [1.165, 1.54) is 11.1 Å². The Labute approximate surface area is 107 Å². The molecule has 0 saturated carbocycles. The van der Waals surface area contributed by atoms with Crippen LogP contribution in [0.5, 0.6) is 0 Å². The number of rotatable bonds is 2. The lowest BCUT2D eigenvalue weighted by molar-refractivity contribution is -0.141. The van der Waals surface area contributed by atoms with Crippen LogP contribution >= 0.6 is 15.9 Å². The van der Waals surface area contributed by atoms with Crippen molar-refractivity contribution in [3.05, 3.63) is 28.5 Å². The van der Waals surface area contributed by atoms with Crippen LogP contribution in [-0.2, 0) is 4.79 Å². The molecule has 0 radical (unpaired) electrons. The maximum atomic E-state index is 12.1. The number of aliphatic carboxylic acids is 1. The van der Waals surface area contributed by atoms with Crippen LogP contribution in [0.1, 0.15) is 23.3 Å². The van der Waals surface area contributed by atoms with Gasteiger partial charge in [0.25, 0.3) is 5.91 Å². The Morgan fingerprint density at radius 3 is 2.82 bits per heavy atom. The largest absolute Gasteiger partial charge is 0.480 e. The molecule has 1 aliphatic heterocycles. The molecule has 1 unspecified atom stereocenters. The van der Waals surface area contributed by atoms with E-state index in [4.69, 9.17) is 5.11 Å². The number of nitrogens with zero attached hydrogens (tertiary/aromatic N) is 2. The molecule has 1 saturated heterocycles. The van der Waals surface area contributed by atoms with Crippen molar-refractivity contribution in [2.24, 2.45) is 0 Å². The zero-order chi connectivity index (χ0) is 12.4. The summed E-state index contributed by atoms with van der Waals surface area (Å²) in [7, 11) is 0. The van der Waals surface area contributed by atoms with Crippen LogP contribution in [0.3, 0.4) is 0 Å². The highest BCUT2D eigenvalue weighted by molar-refractivity contribution is 9.10. The first-order valence-corrected chi connectivity index (χ1v) is 6.04. The number of aromatic nitrogens is 1. The van der Waals surface area contributed by atoms with Gasteiger partial charge in [0, 0.05) is 17.2 Å². The van der Waals surface area contributed by atoms with Gasteiger partial charge < -0.3 is 10.0 Å². The van der Waals surface area contributed by atoms with Crippen molar-refractivity contribution in [1.82, 2.24) is 9.88 Å². The molecule has 1 N–H and O–H groups in total. The van der Waals surface area contributed by atoms with Crippen LogP contribution in [0.25, 0.3) is 0 Å². The average molecular weight is 299 g/mol. The number of hydrogen-bond acceptors (Lipinski definition) is 3. The fraction of sp³-hybridized carbons (Fsp3) is 0.364. The molecule has 1 aliphatic rings. The summed E-state index contributed by atoms with van der Waals surface area (Å²) in [4.78, 5) is 28.4. The molecule has 0 aromatic carbocycles. The lowest BCUT2D eigenvalue weighted by Gasteiger charge is -2.20. The second-order valence-electron chi connectivity index (χ2n) is 3.86. The van der Waals surface area contributed by atoms with Crippen molar-refractivity contribution in [3.63, 3.8) is 0 Å². The fourth-order valence-electron chi connectivity index (χ4n) is 1.92. The Balaban J connectivity index is 2.19. The van der Waals surface area contributed by atoms with E-state index < -0.39 is 12.0 Å². The molecule has 1 aromatic rings. The van der Waals surface area contributed by atoms with E-state index in [1.807, 2.05) is 0 Å². The Bertz CT molecular complexity index is 447. The van der Waals surface area contributed by atoms with Crippen LogP contribution in [0.4, 0.5) is 0 Å². The van der Waals surface area contributed by atoms with Crippen LogP contribution in [0.15, 0.2) is 22.8 Å². The van der Waals surface area contributed by atoms with E-state index in [0.29, 0.717) is 13.0 Å². The van der Waals surface area contributed by atoms with E-state index in [9.17, 15) is 9.59 Å². The summed E-state index contributed by atoms with van der Waals surface area (Å²) in [6.45, 7) is 0.480.